The Labute approximate surface area is 148 Å². The van der Waals surface area contributed by atoms with Crippen LogP contribution >= 0.6 is 11.8 Å². The maximum atomic E-state index is 5.51. The van der Waals surface area contributed by atoms with Crippen molar-refractivity contribution in [3.05, 3.63) is 17.7 Å². The van der Waals surface area contributed by atoms with Crippen LogP contribution in [0.15, 0.2) is 17.1 Å². The third-order valence-electron chi connectivity index (χ3n) is 3.98. The van der Waals surface area contributed by atoms with Crippen LogP contribution in [0.1, 0.15) is 18.4 Å². The minimum absolute atomic E-state index is 0.584. The second-order valence-electron chi connectivity index (χ2n) is 5.44. The van der Waals surface area contributed by atoms with Gasteiger partial charge in [0.05, 0.1) is 21.3 Å². The van der Waals surface area contributed by atoms with Crippen LogP contribution in [0.4, 0.5) is 0 Å². The van der Waals surface area contributed by atoms with Gasteiger partial charge in [-0.15, -0.1) is 0 Å². The minimum Gasteiger partial charge on any atom is -0.493 e. The molecule has 1 atom stereocenters. The first-order valence-corrected chi connectivity index (χ1v) is 9.12. The van der Waals surface area contributed by atoms with Gasteiger partial charge in [-0.1, -0.05) is 0 Å². The number of thioether (sulfide) groups is 1. The zero-order valence-corrected chi connectivity index (χ0v) is 15.7. The van der Waals surface area contributed by atoms with Crippen LogP contribution < -0.4 is 24.8 Å². The van der Waals surface area contributed by atoms with Crippen molar-refractivity contribution < 1.29 is 14.2 Å². The molecule has 1 aliphatic rings. The molecule has 6 nitrogen and oxygen atoms in total. The Hall–Kier alpha value is -1.76. The molecule has 0 radical (unpaired) electrons. The lowest BCUT2D eigenvalue weighted by Crippen LogP contribution is -2.39. The summed E-state index contributed by atoms with van der Waals surface area (Å²) >= 11 is 2.03. The fraction of sp³-hybridized carbons (Fsp3) is 0.588. The highest BCUT2D eigenvalue weighted by molar-refractivity contribution is 8.00. The Morgan fingerprint density at radius 2 is 1.96 bits per heavy atom. The van der Waals surface area contributed by atoms with Gasteiger partial charge in [-0.3, -0.25) is 4.99 Å². The Morgan fingerprint density at radius 3 is 2.54 bits per heavy atom. The van der Waals surface area contributed by atoms with Gasteiger partial charge in [-0.05, 0) is 30.7 Å². The van der Waals surface area contributed by atoms with E-state index in [1.807, 2.05) is 23.9 Å². The fourth-order valence-corrected chi connectivity index (χ4v) is 3.92. The second kappa shape index (κ2) is 9.52. The minimum atomic E-state index is 0.584. The average molecular weight is 353 g/mol. The van der Waals surface area contributed by atoms with E-state index in [0.29, 0.717) is 29.0 Å². The van der Waals surface area contributed by atoms with Crippen LogP contribution in [0.2, 0.25) is 0 Å². The van der Waals surface area contributed by atoms with E-state index in [4.69, 9.17) is 14.2 Å². The predicted molar refractivity (Wildman–Crippen MR) is 99.8 cm³/mol. The largest absolute Gasteiger partial charge is 0.493 e. The average Bonchev–Trinajstić information content (AvgIpc) is 3.14. The van der Waals surface area contributed by atoms with Gasteiger partial charge in [-0.25, -0.2) is 0 Å². The highest BCUT2D eigenvalue weighted by Crippen LogP contribution is 2.39. The molecule has 0 bridgehead atoms. The predicted octanol–water partition coefficient (Wildman–Crippen LogP) is 2.27. The lowest BCUT2D eigenvalue weighted by atomic mass is 10.1. The van der Waals surface area contributed by atoms with Gasteiger partial charge in [0.1, 0.15) is 0 Å². The molecule has 7 heteroatoms. The van der Waals surface area contributed by atoms with E-state index >= 15 is 0 Å². The maximum Gasteiger partial charge on any atom is 0.203 e. The van der Waals surface area contributed by atoms with Crippen molar-refractivity contribution in [3.8, 4) is 17.2 Å². The molecule has 2 rings (SSSR count). The summed E-state index contributed by atoms with van der Waals surface area (Å²) < 4.78 is 16.2. The molecule has 1 unspecified atom stereocenters. The number of hydrogen-bond acceptors (Lipinski definition) is 5. The molecular weight excluding hydrogens is 326 g/mol. The number of guanidine groups is 1. The maximum absolute atomic E-state index is 5.51. The molecule has 2 N–H and O–H groups in total. The highest BCUT2D eigenvalue weighted by atomic mass is 32.2. The number of hydrogen-bond donors (Lipinski definition) is 2. The number of nitrogens with one attached hydrogen (secondary N) is 2. The summed E-state index contributed by atoms with van der Waals surface area (Å²) in [5.74, 6) is 3.98. The SMILES string of the molecule is CN=C(NCc1ccc(OC)c(OC)c1OC)NCC1CCCS1. The molecule has 134 valence electrons. The van der Waals surface area contributed by atoms with Crippen LogP contribution in [0.25, 0.3) is 0 Å². The Kier molecular flexibility index (Phi) is 7.36. The smallest absolute Gasteiger partial charge is 0.203 e. The summed E-state index contributed by atoms with van der Waals surface area (Å²) in [6, 6.07) is 3.84. The lowest BCUT2D eigenvalue weighted by Gasteiger charge is -2.18. The summed E-state index contributed by atoms with van der Waals surface area (Å²) in [4.78, 5) is 4.28. The van der Waals surface area contributed by atoms with Crippen LogP contribution in [0, 0.1) is 0 Å². The number of nitrogens with zero attached hydrogens (tertiary/aromatic N) is 1. The van der Waals surface area contributed by atoms with E-state index < -0.39 is 0 Å². The first-order chi connectivity index (χ1) is 11.7. The van der Waals surface area contributed by atoms with Crippen LogP contribution in [-0.2, 0) is 6.54 Å². The molecule has 1 aromatic rings. The standard InChI is InChI=1S/C17H27N3O3S/c1-18-17(20-11-13-6-5-9-24-13)19-10-12-7-8-14(21-2)16(23-4)15(12)22-3/h7-8,13H,5-6,9-11H2,1-4H3,(H2,18,19,20). The molecule has 1 fully saturated rings. The normalized spacial score (nSPS) is 17.5. The number of rotatable bonds is 7. The zero-order valence-electron chi connectivity index (χ0n) is 14.8. The summed E-state index contributed by atoms with van der Waals surface area (Å²) in [5, 5.41) is 7.40. The molecule has 1 heterocycles. The molecule has 1 saturated heterocycles. The molecule has 0 amide bonds. The summed E-state index contributed by atoms with van der Waals surface area (Å²) in [7, 11) is 6.63. The van der Waals surface area contributed by atoms with E-state index in [2.05, 4.69) is 15.6 Å². The highest BCUT2D eigenvalue weighted by Gasteiger charge is 2.17. The van der Waals surface area contributed by atoms with Gasteiger partial charge in [0.2, 0.25) is 5.75 Å². The molecule has 0 aromatic heterocycles. The van der Waals surface area contributed by atoms with Crippen molar-refractivity contribution >= 4 is 17.7 Å². The van der Waals surface area contributed by atoms with Crippen LogP contribution in [0.3, 0.4) is 0 Å². The van der Waals surface area contributed by atoms with Gasteiger partial charge < -0.3 is 24.8 Å². The van der Waals surface area contributed by atoms with Crippen molar-refractivity contribution in [1.29, 1.82) is 0 Å². The van der Waals surface area contributed by atoms with Crippen molar-refractivity contribution in [2.45, 2.75) is 24.6 Å². The first-order valence-electron chi connectivity index (χ1n) is 8.07. The monoisotopic (exact) mass is 353 g/mol. The van der Waals surface area contributed by atoms with E-state index in [1.54, 1.807) is 28.4 Å². The van der Waals surface area contributed by atoms with Crippen LogP contribution in [-0.4, -0.2) is 51.9 Å². The third kappa shape index (κ3) is 4.63. The molecule has 0 spiro atoms. The van der Waals surface area contributed by atoms with Crippen molar-refractivity contribution in [1.82, 2.24) is 10.6 Å². The van der Waals surface area contributed by atoms with Gasteiger partial charge in [0.25, 0.3) is 0 Å². The number of methoxy groups -OCH3 is 3. The van der Waals surface area contributed by atoms with E-state index in [9.17, 15) is 0 Å². The Bertz CT molecular complexity index is 560. The molecule has 24 heavy (non-hydrogen) atoms. The quantitative estimate of drug-likeness (QED) is 0.579. The van der Waals surface area contributed by atoms with E-state index in [1.165, 1.54) is 18.6 Å². The summed E-state index contributed by atoms with van der Waals surface area (Å²) in [6.07, 6.45) is 2.59. The number of benzene rings is 1. The van der Waals surface area contributed by atoms with E-state index in [-0.39, 0.29) is 0 Å². The molecule has 1 aliphatic heterocycles. The lowest BCUT2D eigenvalue weighted by molar-refractivity contribution is 0.322. The first kappa shape index (κ1) is 18.6. The van der Waals surface area contributed by atoms with Gasteiger partial charge in [-0.2, -0.15) is 11.8 Å². The second-order valence-corrected chi connectivity index (χ2v) is 6.84. The molecule has 0 aliphatic carbocycles. The van der Waals surface area contributed by atoms with E-state index in [0.717, 1.165) is 18.1 Å². The fourth-order valence-electron chi connectivity index (χ4n) is 2.72. The third-order valence-corrected chi connectivity index (χ3v) is 5.37. The van der Waals surface area contributed by atoms with Gasteiger partial charge in [0, 0.05) is 31.0 Å². The van der Waals surface area contributed by atoms with Crippen molar-refractivity contribution in [3.63, 3.8) is 0 Å². The van der Waals surface area contributed by atoms with Gasteiger partial charge >= 0.3 is 0 Å². The Balaban J connectivity index is 1.98. The van der Waals surface area contributed by atoms with Crippen molar-refractivity contribution in [2.24, 2.45) is 4.99 Å². The Morgan fingerprint density at radius 1 is 1.17 bits per heavy atom. The molecule has 0 saturated carbocycles. The number of ether oxygens (including phenoxy) is 3. The molecule has 1 aromatic carbocycles. The zero-order chi connectivity index (χ0) is 17.4. The van der Waals surface area contributed by atoms with Crippen LogP contribution in [0.5, 0.6) is 17.2 Å². The molecular formula is C17H27N3O3S. The topological polar surface area (TPSA) is 64.1 Å². The summed E-state index contributed by atoms with van der Waals surface area (Å²) in [6.45, 7) is 1.52. The summed E-state index contributed by atoms with van der Waals surface area (Å²) in [5.41, 5.74) is 0.980. The van der Waals surface area contributed by atoms with Gasteiger partial charge in [0.15, 0.2) is 17.5 Å². The number of aliphatic imine (C=N–C) groups is 1. The van der Waals surface area contributed by atoms with Crippen molar-refractivity contribution in [2.75, 3.05) is 40.7 Å².